The average Bonchev–Trinajstić information content (AvgIpc) is 2.63. The molecule has 0 spiro atoms. The fraction of sp³-hybridized carbons (Fsp3) is 0.529. The molecule has 1 aliphatic rings. The molecule has 1 aromatic rings. The average molecular weight is 386 g/mol. The molecule has 0 amide bonds. The highest BCUT2D eigenvalue weighted by atomic mass is 32.2. The summed E-state index contributed by atoms with van der Waals surface area (Å²) in [4.78, 5) is 20.5. The highest BCUT2D eigenvalue weighted by Gasteiger charge is 2.28. The number of aliphatic carboxylic acids is 2. The van der Waals surface area contributed by atoms with Crippen molar-refractivity contribution in [3.05, 3.63) is 35.9 Å². The Morgan fingerprint density at radius 1 is 1.12 bits per heavy atom. The largest absolute Gasteiger partial charge is 0.473 e. The quantitative estimate of drug-likeness (QED) is 0.728. The van der Waals surface area contributed by atoms with Gasteiger partial charge in [0.1, 0.15) is 0 Å². The van der Waals surface area contributed by atoms with Crippen LogP contribution in [0.25, 0.3) is 0 Å². The van der Waals surface area contributed by atoms with Crippen LogP contribution < -0.4 is 0 Å². The van der Waals surface area contributed by atoms with E-state index in [9.17, 15) is 8.42 Å². The molecule has 0 aromatic heterocycles. The number of hydrogen-bond acceptors (Lipinski definition) is 5. The number of sulfonamides is 1. The van der Waals surface area contributed by atoms with Gasteiger partial charge in [0.15, 0.2) is 0 Å². The van der Waals surface area contributed by atoms with Crippen molar-refractivity contribution in [2.45, 2.75) is 32.4 Å². The lowest BCUT2D eigenvalue weighted by molar-refractivity contribution is -0.159. The third-order valence-corrected chi connectivity index (χ3v) is 6.14. The van der Waals surface area contributed by atoms with Crippen molar-refractivity contribution in [2.24, 2.45) is 0 Å². The van der Waals surface area contributed by atoms with E-state index in [0.717, 1.165) is 19.4 Å². The van der Waals surface area contributed by atoms with Gasteiger partial charge < -0.3 is 10.2 Å². The number of hydrogen-bond donors (Lipinski definition) is 2. The molecule has 1 fully saturated rings. The molecule has 1 aliphatic heterocycles. The molecule has 0 aliphatic carbocycles. The van der Waals surface area contributed by atoms with Crippen LogP contribution in [0.4, 0.5) is 0 Å². The summed E-state index contributed by atoms with van der Waals surface area (Å²) in [5.41, 5.74) is 1.30. The molecule has 26 heavy (non-hydrogen) atoms. The number of benzene rings is 1. The molecule has 0 bridgehead atoms. The van der Waals surface area contributed by atoms with Crippen molar-refractivity contribution in [2.75, 3.05) is 25.9 Å². The molecule has 1 aromatic carbocycles. The summed E-state index contributed by atoms with van der Waals surface area (Å²) in [6.45, 7) is 3.94. The zero-order valence-corrected chi connectivity index (χ0v) is 15.9. The molecule has 0 atom stereocenters. The molecule has 8 nitrogen and oxygen atoms in total. The van der Waals surface area contributed by atoms with Gasteiger partial charge in [-0.1, -0.05) is 30.3 Å². The maximum Gasteiger partial charge on any atom is 0.414 e. The maximum atomic E-state index is 11.8. The van der Waals surface area contributed by atoms with Crippen LogP contribution in [0.2, 0.25) is 0 Å². The fourth-order valence-corrected chi connectivity index (χ4v) is 3.88. The molecule has 9 heteroatoms. The Morgan fingerprint density at radius 3 is 2.04 bits per heavy atom. The van der Waals surface area contributed by atoms with Gasteiger partial charge in [0.25, 0.3) is 0 Å². The predicted molar refractivity (Wildman–Crippen MR) is 97.2 cm³/mol. The number of nitrogens with zero attached hydrogens (tertiary/aromatic N) is 2. The zero-order chi connectivity index (χ0) is 19.7. The second kappa shape index (κ2) is 10.2. The Hall–Kier alpha value is -1.97. The monoisotopic (exact) mass is 386 g/mol. The first-order valence-electron chi connectivity index (χ1n) is 8.35. The van der Waals surface area contributed by atoms with E-state index >= 15 is 0 Å². The predicted octanol–water partition coefficient (Wildman–Crippen LogP) is 1.09. The summed E-state index contributed by atoms with van der Waals surface area (Å²) >= 11 is 0. The Morgan fingerprint density at radius 2 is 1.62 bits per heavy atom. The summed E-state index contributed by atoms with van der Waals surface area (Å²) < 4.78 is 25.3. The number of carboxylic acids is 2. The van der Waals surface area contributed by atoms with Gasteiger partial charge in [-0.25, -0.2) is 22.3 Å². The minimum Gasteiger partial charge on any atom is -0.473 e. The first-order chi connectivity index (χ1) is 12.2. The molecular formula is C17H26N2O6S. The number of carboxylic acid groups (broad SMARTS) is 2. The van der Waals surface area contributed by atoms with Gasteiger partial charge in [0.05, 0.1) is 5.75 Å². The molecule has 2 rings (SSSR count). The van der Waals surface area contributed by atoms with Crippen LogP contribution in [0.1, 0.15) is 25.3 Å². The fourth-order valence-electron chi connectivity index (χ4n) is 2.74. The van der Waals surface area contributed by atoms with Crippen molar-refractivity contribution >= 4 is 22.0 Å². The van der Waals surface area contributed by atoms with Crippen molar-refractivity contribution in [3.8, 4) is 0 Å². The molecule has 2 N–H and O–H groups in total. The number of rotatable bonds is 5. The van der Waals surface area contributed by atoms with Crippen LogP contribution in [-0.2, 0) is 26.2 Å². The lowest BCUT2D eigenvalue weighted by Crippen LogP contribution is -2.45. The van der Waals surface area contributed by atoms with E-state index in [1.54, 1.807) is 11.2 Å². The van der Waals surface area contributed by atoms with Crippen molar-refractivity contribution in [1.29, 1.82) is 0 Å². The summed E-state index contributed by atoms with van der Waals surface area (Å²) in [6, 6.07) is 10.9. The molecule has 0 unspecified atom stereocenters. The Balaban J connectivity index is 0.000000487. The summed E-state index contributed by atoms with van der Waals surface area (Å²) in [6.07, 6.45) is 1.84. The van der Waals surface area contributed by atoms with E-state index in [2.05, 4.69) is 36.2 Å². The molecule has 0 radical (unpaired) electrons. The van der Waals surface area contributed by atoms with E-state index < -0.39 is 22.0 Å². The van der Waals surface area contributed by atoms with Crippen molar-refractivity contribution in [1.82, 2.24) is 9.21 Å². The highest BCUT2D eigenvalue weighted by Crippen LogP contribution is 2.19. The number of piperidine rings is 1. The van der Waals surface area contributed by atoms with Crippen molar-refractivity contribution < 1.29 is 28.2 Å². The normalized spacial score (nSPS) is 16.0. The van der Waals surface area contributed by atoms with E-state index in [-0.39, 0.29) is 5.75 Å². The van der Waals surface area contributed by atoms with E-state index in [4.69, 9.17) is 19.8 Å². The Kier molecular flexibility index (Phi) is 8.70. The van der Waals surface area contributed by atoms with E-state index in [0.29, 0.717) is 19.1 Å². The third-order valence-electron chi connectivity index (χ3n) is 4.26. The second-order valence-corrected chi connectivity index (χ2v) is 8.30. The van der Waals surface area contributed by atoms with E-state index in [1.165, 1.54) is 5.56 Å². The van der Waals surface area contributed by atoms with Crippen LogP contribution in [0.5, 0.6) is 0 Å². The van der Waals surface area contributed by atoms with Crippen LogP contribution in [0.3, 0.4) is 0 Å². The minimum absolute atomic E-state index is 0.206. The van der Waals surface area contributed by atoms with Crippen LogP contribution in [0, 0.1) is 0 Å². The smallest absolute Gasteiger partial charge is 0.414 e. The molecule has 0 saturated carbocycles. The van der Waals surface area contributed by atoms with Gasteiger partial charge in [-0.2, -0.15) is 0 Å². The Bertz CT molecular complexity index is 672. The summed E-state index contributed by atoms with van der Waals surface area (Å²) in [5.74, 6) is -3.44. The molecular weight excluding hydrogens is 360 g/mol. The summed E-state index contributed by atoms with van der Waals surface area (Å²) in [5, 5.41) is 14.8. The van der Waals surface area contributed by atoms with Gasteiger partial charge in [-0.05, 0) is 32.4 Å². The van der Waals surface area contributed by atoms with Gasteiger partial charge in [0.2, 0.25) is 10.0 Å². The molecule has 1 saturated heterocycles. The van der Waals surface area contributed by atoms with Gasteiger partial charge in [-0.3, -0.25) is 4.90 Å². The van der Waals surface area contributed by atoms with E-state index in [1.807, 2.05) is 6.07 Å². The van der Waals surface area contributed by atoms with Crippen LogP contribution >= 0.6 is 0 Å². The highest BCUT2D eigenvalue weighted by molar-refractivity contribution is 7.89. The standard InChI is InChI=1S/C15H24N2O2S.C2H2O4/c1-3-20(18,19)17-11-9-15(10-12-17)16(2)13-14-7-5-4-6-8-14;3-1(4)2(5)6/h4-8,15H,3,9-13H2,1-2H3;(H,3,4)(H,5,6). The van der Waals surface area contributed by atoms with Crippen LogP contribution in [0.15, 0.2) is 30.3 Å². The maximum absolute atomic E-state index is 11.8. The lowest BCUT2D eigenvalue weighted by atomic mass is 10.0. The van der Waals surface area contributed by atoms with Crippen molar-refractivity contribution in [3.63, 3.8) is 0 Å². The lowest BCUT2D eigenvalue weighted by Gasteiger charge is -2.36. The van der Waals surface area contributed by atoms with Gasteiger partial charge >= 0.3 is 11.9 Å². The first kappa shape index (κ1) is 22.1. The first-order valence-corrected chi connectivity index (χ1v) is 9.96. The SMILES string of the molecule is CCS(=O)(=O)N1CCC(N(C)Cc2ccccc2)CC1.O=C(O)C(=O)O. The number of carbonyl (C=O) groups is 2. The molecule has 1 heterocycles. The second-order valence-electron chi connectivity index (χ2n) is 6.04. The molecule has 146 valence electrons. The third kappa shape index (κ3) is 7.11. The topological polar surface area (TPSA) is 115 Å². The van der Waals surface area contributed by atoms with Gasteiger partial charge in [-0.15, -0.1) is 0 Å². The van der Waals surface area contributed by atoms with Crippen LogP contribution in [-0.4, -0.2) is 71.7 Å². The zero-order valence-electron chi connectivity index (χ0n) is 15.0. The Labute approximate surface area is 154 Å². The van der Waals surface area contributed by atoms with Gasteiger partial charge in [0, 0.05) is 25.7 Å². The minimum atomic E-state index is -3.01. The summed E-state index contributed by atoms with van der Waals surface area (Å²) in [7, 11) is -0.888.